The first-order valence-corrected chi connectivity index (χ1v) is 6.71. The molecule has 2 N–H and O–H groups in total. The first-order chi connectivity index (χ1) is 9.83. The Bertz CT molecular complexity index is 559. The zero-order chi connectivity index (χ0) is 13.8. The van der Waals surface area contributed by atoms with E-state index in [-0.39, 0.29) is 11.9 Å². The molecule has 1 unspecified atom stereocenters. The second-order valence-corrected chi connectivity index (χ2v) is 4.85. The van der Waals surface area contributed by atoms with Crippen LogP contribution >= 0.6 is 0 Å². The van der Waals surface area contributed by atoms with Crippen molar-refractivity contribution in [3.63, 3.8) is 0 Å². The van der Waals surface area contributed by atoms with E-state index in [0.717, 1.165) is 31.5 Å². The summed E-state index contributed by atoms with van der Waals surface area (Å²) in [5.74, 6) is 0.479. The molecule has 1 aliphatic rings. The number of benzene rings is 1. The van der Waals surface area contributed by atoms with Crippen molar-refractivity contribution in [2.45, 2.75) is 18.9 Å². The summed E-state index contributed by atoms with van der Waals surface area (Å²) in [7, 11) is 0. The summed E-state index contributed by atoms with van der Waals surface area (Å²) in [6, 6.07) is 7.40. The smallest absolute Gasteiger partial charge is 0.251 e. The standard InChI is InChI=1S/C14H16N4O2/c19-14(17-12-2-1-7-15-8-12)11-5-3-10(4-6-11)13-16-9-20-18-13/h3-6,9,12,15H,1-2,7-8H2,(H,17,19). The number of nitrogens with one attached hydrogen (secondary N) is 2. The molecule has 0 saturated carbocycles. The molecule has 1 amide bonds. The minimum absolute atomic E-state index is 0.0432. The lowest BCUT2D eigenvalue weighted by Gasteiger charge is -2.23. The quantitative estimate of drug-likeness (QED) is 0.878. The molecule has 0 radical (unpaired) electrons. The van der Waals surface area contributed by atoms with Gasteiger partial charge in [-0.05, 0) is 31.5 Å². The van der Waals surface area contributed by atoms with Gasteiger partial charge < -0.3 is 15.2 Å². The highest BCUT2D eigenvalue weighted by atomic mass is 16.5. The van der Waals surface area contributed by atoms with E-state index in [1.807, 2.05) is 12.1 Å². The van der Waals surface area contributed by atoms with Gasteiger partial charge in [-0.15, -0.1) is 0 Å². The zero-order valence-electron chi connectivity index (χ0n) is 11.0. The lowest BCUT2D eigenvalue weighted by atomic mass is 10.1. The zero-order valence-corrected chi connectivity index (χ0v) is 11.0. The molecule has 3 rings (SSSR count). The number of nitrogens with zero attached hydrogens (tertiary/aromatic N) is 2. The molecule has 1 aliphatic heterocycles. The van der Waals surface area contributed by atoms with Crippen molar-refractivity contribution in [2.24, 2.45) is 0 Å². The molecular weight excluding hydrogens is 256 g/mol. The van der Waals surface area contributed by atoms with Crippen LogP contribution in [-0.4, -0.2) is 35.2 Å². The van der Waals surface area contributed by atoms with Crippen LogP contribution in [0.15, 0.2) is 35.2 Å². The van der Waals surface area contributed by atoms with Crippen molar-refractivity contribution >= 4 is 5.91 Å². The second kappa shape index (κ2) is 5.83. The third-order valence-electron chi connectivity index (χ3n) is 3.40. The molecule has 1 fully saturated rings. The molecule has 2 aromatic rings. The van der Waals surface area contributed by atoms with Crippen LogP contribution in [0.3, 0.4) is 0 Å². The predicted octanol–water partition coefficient (Wildman–Crippen LogP) is 1.22. The Morgan fingerprint density at radius 3 is 2.85 bits per heavy atom. The minimum atomic E-state index is -0.0432. The van der Waals surface area contributed by atoms with Gasteiger partial charge in [-0.3, -0.25) is 4.79 Å². The van der Waals surface area contributed by atoms with Gasteiger partial charge in [-0.2, -0.15) is 4.98 Å². The van der Waals surface area contributed by atoms with Crippen molar-refractivity contribution in [3.8, 4) is 11.4 Å². The Morgan fingerprint density at radius 1 is 1.35 bits per heavy atom. The molecule has 1 atom stereocenters. The first kappa shape index (κ1) is 12.8. The van der Waals surface area contributed by atoms with Crippen molar-refractivity contribution in [1.82, 2.24) is 20.8 Å². The van der Waals surface area contributed by atoms with Gasteiger partial charge in [0.25, 0.3) is 5.91 Å². The summed E-state index contributed by atoms with van der Waals surface area (Å²) in [5.41, 5.74) is 1.47. The maximum absolute atomic E-state index is 12.1. The molecule has 1 aromatic heterocycles. The summed E-state index contributed by atoms with van der Waals surface area (Å²) in [6.07, 6.45) is 3.41. The van der Waals surface area contributed by atoms with Crippen LogP contribution in [0.25, 0.3) is 11.4 Å². The number of hydrogen-bond acceptors (Lipinski definition) is 5. The lowest BCUT2D eigenvalue weighted by Crippen LogP contribution is -2.45. The fourth-order valence-electron chi connectivity index (χ4n) is 2.31. The molecule has 0 aliphatic carbocycles. The third-order valence-corrected chi connectivity index (χ3v) is 3.40. The molecule has 6 nitrogen and oxygen atoms in total. The number of carbonyl (C=O) groups excluding carboxylic acids is 1. The van der Waals surface area contributed by atoms with Gasteiger partial charge in [0.2, 0.25) is 12.2 Å². The summed E-state index contributed by atoms with van der Waals surface area (Å²) < 4.78 is 4.70. The molecule has 1 aromatic carbocycles. The molecule has 104 valence electrons. The SMILES string of the molecule is O=C(NC1CCCNC1)c1ccc(-c2ncon2)cc1. The number of amides is 1. The molecule has 0 bridgehead atoms. The second-order valence-electron chi connectivity index (χ2n) is 4.85. The van der Waals surface area contributed by atoms with Crippen molar-refractivity contribution in [2.75, 3.05) is 13.1 Å². The van der Waals surface area contributed by atoms with E-state index < -0.39 is 0 Å². The molecular formula is C14H16N4O2. The van der Waals surface area contributed by atoms with Gasteiger partial charge in [0, 0.05) is 23.7 Å². The Balaban J connectivity index is 1.66. The molecule has 6 heteroatoms. The Morgan fingerprint density at radius 2 is 2.20 bits per heavy atom. The van der Waals surface area contributed by atoms with Crippen LogP contribution < -0.4 is 10.6 Å². The van der Waals surface area contributed by atoms with E-state index in [9.17, 15) is 4.79 Å². The highest BCUT2D eigenvalue weighted by molar-refractivity contribution is 5.94. The normalized spacial score (nSPS) is 18.7. The third kappa shape index (κ3) is 2.85. The Labute approximate surface area is 116 Å². The summed E-state index contributed by atoms with van der Waals surface area (Å²) >= 11 is 0. The number of piperidine rings is 1. The van der Waals surface area contributed by atoms with Gasteiger partial charge in [0.1, 0.15) is 0 Å². The lowest BCUT2D eigenvalue weighted by molar-refractivity contribution is 0.0930. The highest BCUT2D eigenvalue weighted by Gasteiger charge is 2.16. The van der Waals surface area contributed by atoms with Crippen LogP contribution in [-0.2, 0) is 0 Å². The van der Waals surface area contributed by atoms with Crippen molar-refractivity contribution in [3.05, 3.63) is 36.2 Å². The maximum atomic E-state index is 12.1. The number of hydrogen-bond donors (Lipinski definition) is 2. The Kier molecular flexibility index (Phi) is 3.73. The predicted molar refractivity (Wildman–Crippen MR) is 73.1 cm³/mol. The van der Waals surface area contributed by atoms with Gasteiger partial charge in [0.05, 0.1) is 0 Å². The van der Waals surface area contributed by atoms with Crippen LogP contribution in [0.1, 0.15) is 23.2 Å². The first-order valence-electron chi connectivity index (χ1n) is 6.71. The fourth-order valence-corrected chi connectivity index (χ4v) is 2.31. The van der Waals surface area contributed by atoms with E-state index in [1.54, 1.807) is 12.1 Å². The Hall–Kier alpha value is -2.21. The van der Waals surface area contributed by atoms with E-state index >= 15 is 0 Å². The monoisotopic (exact) mass is 272 g/mol. The molecule has 2 heterocycles. The average Bonchev–Trinajstić information content (AvgIpc) is 3.03. The van der Waals surface area contributed by atoms with Crippen LogP contribution in [0.5, 0.6) is 0 Å². The number of carbonyl (C=O) groups is 1. The van der Waals surface area contributed by atoms with Gasteiger partial charge in [-0.25, -0.2) is 0 Å². The number of rotatable bonds is 3. The van der Waals surface area contributed by atoms with Gasteiger partial charge in [-0.1, -0.05) is 17.3 Å². The van der Waals surface area contributed by atoms with Crippen LogP contribution in [0.2, 0.25) is 0 Å². The highest BCUT2D eigenvalue weighted by Crippen LogP contribution is 2.15. The van der Waals surface area contributed by atoms with E-state index in [4.69, 9.17) is 4.52 Å². The summed E-state index contributed by atoms with van der Waals surface area (Å²) in [5, 5.41) is 10.1. The molecule has 0 spiro atoms. The van der Waals surface area contributed by atoms with Crippen LogP contribution in [0, 0.1) is 0 Å². The van der Waals surface area contributed by atoms with Crippen molar-refractivity contribution in [1.29, 1.82) is 0 Å². The van der Waals surface area contributed by atoms with E-state index in [2.05, 4.69) is 20.8 Å². The van der Waals surface area contributed by atoms with Gasteiger partial charge >= 0.3 is 0 Å². The topological polar surface area (TPSA) is 80.0 Å². The van der Waals surface area contributed by atoms with Gasteiger partial charge in [0.15, 0.2) is 0 Å². The summed E-state index contributed by atoms with van der Waals surface area (Å²) in [6.45, 7) is 1.87. The molecule has 20 heavy (non-hydrogen) atoms. The molecule has 1 saturated heterocycles. The minimum Gasteiger partial charge on any atom is -0.348 e. The average molecular weight is 272 g/mol. The largest absolute Gasteiger partial charge is 0.348 e. The van der Waals surface area contributed by atoms with E-state index in [0.29, 0.717) is 11.4 Å². The summed E-state index contributed by atoms with van der Waals surface area (Å²) in [4.78, 5) is 16.1. The van der Waals surface area contributed by atoms with E-state index in [1.165, 1.54) is 6.39 Å². The number of aromatic nitrogens is 2. The van der Waals surface area contributed by atoms with Crippen LogP contribution in [0.4, 0.5) is 0 Å². The fraction of sp³-hybridized carbons (Fsp3) is 0.357. The van der Waals surface area contributed by atoms with Crippen molar-refractivity contribution < 1.29 is 9.32 Å². The maximum Gasteiger partial charge on any atom is 0.251 e.